The summed E-state index contributed by atoms with van der Waals surface area (Å²) in [5, 5.41) is 1.92. The Kier molecular flexibility index (Phi) is 5.69. The topological polar surface area (TPSA) is 32.3 Å². The maximum atomic E-state index is 13.0. The Morgan fingerprint density at radius 1 is 1.27 bits per heavy atom. The number of nitrogens with one attached hydrogen (secondary N) is 1. The molecule has 0 radical (unpaired) electrons. The molecule has 0 atom stereocenters. The predicted octanol–water partition coefficient (Wildman–Crippen LogP) is 3.07. The number of rotatable bonds is 5. The summed E-state index contributed by atoms with van der Waals surface area (Å²) in [5.41, 5.74) is 0.777. The smallest absolute Gasteiger partial charge is 0.320 e. The molecule has 1 saturated heterocycles. The molecule has 1 N–H and O–H groups in total. The minimum Gasteiger partial charge on any atom is -0.320 e. The van der Waals surface area contributed by atoms with Gasteiger partial charge in [0.05, 0.1) is 0 Å². The molecule has 1 heterocycles. The highest BCUT2D eigenvalue weighted by molar-refractivity contribution is 7.99. The second kappa shape index (κ2) is 7.32. The van der Waals surface area contributed by atoms with Gasteiger partial charge in [-0.25, -0.2) is 8.78 Å². The van der Waals surface area contributed by atoms with Gasteiger partial charge in [0.2, 0.25) is 0 Å². The summed E-state index contributed by atoms with van der Waals surface area (Å²) in [5.74, 6) is -4.71. The molecule has 0 unspecified atom stereocenters. The number of benzene rings is 1. The van der Waals surface area contributed by atoms with Crippen molar-refractivity contribution in [3.8, 4) is 0 Å². The third-order valence-electron chi connectivity index (χ3n) is 3.34. The molecule has 0 bridgehead atoms. The van der Waals surface area contributed by atoms with Gasteiger partial charge in [0.15, 0.2) is 0 Å². The lowest BCUT2D eigenvalue weighted by molar-refractivity contribution is -0.163. The van der Waals surface area contributed by atoms with Gasteiger partial charge in [-0.05, 0) is 11.6 Å². The van der Waals surface area contributed by atoms with Crippen LogP contribution in [-0.4, -0.2) is 47.8 Å². The normalized spacial score (nSPS) is 16.8. The Hall–Kier alpha value is -1.28. The summed E-state index contributed by atoms with van der Waals surface area (Å²) in [6.07, 6.45) is -4.03. The number of para-hydroxylation sites is 1. The van der Waals surface area contributed by atoms with Crippen LogP contribution >= 0.6 is 11.8 Å². The fraction of sp³-hybridized carbons (Fsp3) is 0.500. The van der Waals surface area contributed by atoms with E-state index in [9.17, 15) is 22.4 Å². The van der Waals surface area contributed by atoms with Gasteiger partial charge < -0.3 is 5.32 Å². The molecule has 8 heteroatoms. The maximum Gasteiger partial charge on any atom is 0.383 e. The van der Waals surface area contributed by atoms with Gasteiger partial charge >= 0.3 is 18.3 Å². The fourth-order valence-electron chi connectivity index (χ4n) is 2.09. The monoisotopic (exact) mass is 336 g/mol. The summed E-state index contributed by atoms with van der Waals surface area (Å²) in [6, 6.07) is 6.41. The number of nitrogens with zero attached hydrogens (tertiary/aromatic N) is 1. The number of hydrogen-bond acceptors (Lipinski definition) is 3. The molecular weight excluding hydrogens is 320 g/mol. The summed E-state index contributed by atoms with van der Waals surface area (Å²) in [7, 11) is 0. The highest BCUT2D eigenvalue weighted by atomic mass is 32.2. The minimum atomic E-state index is -4.70. The van der Waals surface area contributed by atoms with E-state index >= 15 is 0 Å². The zero-order valence-electron chi connectivity index (χ0n) is 11.7. The van der Waals surface area contributed by atoms with Gasteiger partial charge in [-0.1, -0.05) is 18.2 Å². The molecule has 1 aliphatic heterocycles. The van der Waals surface area contributed by atoms with Crippen molar-refractivity contribution in [1.29, 1.82) is 0 Å². The molecule has 2 rings (SSSR count). The molecule has 3 nitrogen and oxygen atoms in total. The van der Waals surface area contributed by atoms with Crippen LogP contribution < -0.4 is 5.32 Å². The number of anilines is 1. The van der Waals surface area contributed by atoms with E-state index in [0.717, 1.165) is 24.6 Å². The Labute approximate surface area is 130 Å². The molecule has 1 aliphatic rings. The average Bonchev–Trinajstić information content (AvgIpc) is 2.50. The van der Waals surface area contributed by atoms with Crippen molar-refractivity contribution in [2.45, 2.75) is 18.9 Å². The minimum absolute atomic E-state index is 0.144. The zero-order chi connectivity index (χ0) is 16.2. The second-order valence-corrected chi connectivity index (χ2v) is 6.15. The number of hydrogen-bond donors (Lipinski definition) is 1. The lowest BCUT2D eigenvalue weighted by Crippen LogP contribution is -2.41. The van der Waals surface area contributed by atoms with Gasteiger partial charge in [-0.15, -0.1) is 0 Å². The van der Waals surface area contributed by atoms with E-state index in [1.807, 2.05) is 17.1 Å². The number of amides is 1. The van der Waals surface area contributed by atoms with Crippen LogP contribution in [0.15, 0.2) is 24.3 Å². The van der Waals surface area contributed by atoms with Crippen LogP contribution in [-0.2, 0) is 11.3 Å². The first-order chi connectivity index (χ1) is 10.4. The third-order valence-corrected chi connectivity index (χ3v) is 4.28. The summed E-state index contributed by atoms with van der Waals surface area (Å²) in [4.78, 5) is 13.5. The van der Waals surface area contributed by atoms with Gasteiger partial charge in [0.25, 0.3) is 0 Å². The second-order valence-electron chi connectivity index (χ2n) is 4.92. The summed E-state index contributed by atoms with van der Waals surface area (Å²) >= 11 is 1.84. The number of halogens is 4. The fourth-order valence-corrected chi connectivity index (χ4v) is 3.06. The van der Waals surface area contributed by atoms with E-state index < -0.39 is 18.3 Å². The Morgan fingerprint density at radius 3 is 2.55 bits per heavy atom. The van der Waals surface area contributed by atoms with Gasteiger partial charge in [-0.2, -0.15) is 20.5 Å². The molecule has 1 aromatic rings. The van der Waals surface area contributed by atoms with Crippen molar-refractivity contribution < 1.29 is 22.4 Å². The van der Waals surface area contributed by atoms with Crippen LogP contribution in [0.2, 0.25) is 0 Å². The zero-order valence-corrected chi connectivity index (χ0v) is 12.5. The first-order valence-corrected chi connectivity index (χ1v) is 7.92. The molecule has 1 aromatic carbocycles. The van der Waals surface area contributed by atoms with Gasteiger partial charge in [-0.3, -0.25) is 9.69 Å². The summed E-state index contributed by atoms with van der Waals surface area (Å²) < 4.78 is 50.5. The van der Waals surface area contributed by atoms with E-state index in [0.29, 0.717) is 12.1 Å². The van der Waals surface area contributed by atoms with Crippen LogP contribution in [0.3, 0.4) is 0 Å². The van der Waals surface area contributed by atoms with Crippen LogP contribution in [0.5, 0.6) is 0 Å². The van der Waals surface area contributed by atoms with Gasteiger partial charge in [0.1, 0.15) is 0 Å². The molecule has 0 aliphatic carbocycles. The molecule has 0 saturated carbocycles. The highest BCUT2D eigenvalue weighted by Crippen LogP contribution is 2.26. The average molecular weight is 336 g/mol. The van der Waals surface area contributed by atoms with Crippen LogP contribution in [0.1, 0.15) is 5.56 Å². The first-order valence-electron chi connectivity index (χ1n) is 6.76. The van der Waals surface area contributed by atoms with E-state index in [1.54, 1.807) is 18.2 Å². The SMILES string of the molecule is O=C(Nc1ccccc1CN1CCSCC1)C(F)(F)C(F)F. The molecule has 1 amide bonds. The van der Waals surface area contributed by atoms with Crippen molar-refractivity contribution in [3.63, 3.8) is 0 Å². The predicted molar refractivity (Wildman–Crippen MR) is 78.6 cm³/mol. The number of alkyl halides is 4. The molecular formula is C14H16F4N2OS. The Bertz CT molecular complexity index is 521. The Balaban J connectivity index is 2.09. The lowest BCUT2D eigenvalue weighted by Gasteiger charge is -2.27. The number of carbonyl (C=O) groups excluding carboxylic acids is 1. The first kappa shape index (κ1) is 17.1. The van der Waals surface area contributed by atoms with Crippen molar-refractivity contribution >= 4 is 23.4 Å². The standard InChI is InChI=1S/C14H16F4N2OS/c15-12(16)14(17,18)13(21)19-11-4-2-1-3-10(11)9-20-5-7-22-8-6-20/h1-4,12H,5-9H2,(H,19,21). The summed E-state index contributed by atoms with van der Waals surface area (Å²) in [6.45, 7) is 2.21. The lowest BCUT2D eigenvalue weighted by atomic mass is 10.1. The molecule has 22 heavy (non-hydrogen) atoms. The van der Waals surface area contributed by atoms with Gasteiger partial charge in [0, 0.05) is 36.8 Å². The number of thioether (sulfide) groups is 1. The third kappa shape index (κ3) is 4.13. The van der Waals surface area contributed by atoms with Crippen LogP contribution in [0, 0.1) is 0 Å². The van der Waals surface area contributed by atoms with E-state index in [2.05, 4.69) is 4.90 Å². The van der Waals surface area contributed by atoms with E-state index in [-0.39, 0.29) is 5.69 Å². The Morgan fingerprint density at radius 2 is 1.91 bits per heavy atom. The van der Waals surface area contributed by atoms with Crippen LogP contribution in [0.25, 0.3) is 0 Å². The van der Waals surface area contributed by atoms with Crippen LogP contribution in [0.4, 0.5) is 23.2 Å². The highest BCUT2D eigenvalue weighted by Gasteiger charge is 2.49. The van der Waals surface area contributed by atoms with E-state index in [4.69, 9.17) is 0 Å². The quantitative estimate of drug-likeness (QED) is 0.839. The molecule has 1 fully saturated rings. The number of carbonyl (C=O) groups is 1. The molecule has 0 aromatic heterocycles. The molecule has 122 valence electrons. The largest absolute Gasteiger partial charge is 0.383 e. The molecule has 0 spiro atoms. The van der Waals surface area contributed by atoms with Crippen molar-refractivity contribution in [2.24, 2.45) is 0 Å². The van der Waals surface area contributed by atoms with Crippen molar-refractivity contribution in [2.75, 3.05) is 29.9 Å². The van der Waals surface area contributed by atoms with Crippen molar-refractivity contribution in [3.05, 3.63) is 29.8 Å². The van der Waals surface area contributed by atoms with E-state index in [1.165, 1.54) is 6.07 Å². The van der Waals surface area contributed by atoms with Crippen molar-refractivity contribution in [1.82, 2.24) is 4.90 Å². The maximum absolute atomic E-state index is 13.0.